The summed E-state index contributed by atoms with van der Waals surface area (Å²) in [5.41, 5.74) is 1.71. The lowest BCUT2D eigenvalue weighted by Gasteiger charge is -2.14. The molecule has 0 radical (unpaired) electrons. The Morgan fingerprint density at radius 1 is 1.24 bits per heavy atom. The van der Waals surface area contributed by atoms with E-state index in [1.165, 1.54) is 18.9 Å². The van der Waals surface area contributed by atoms with Crippen molar-refractivity contribution in [3.05, 3.63) is 29.3 Å². The van der Waals surface area contributed by atoms with Crippen LogP contribution in [0.5, 0.6) is 5.75 Å². The first-order chi connectivity index (χ1) is 9.99. The lowest BCUT2D eigenvalue weighted by molar-refractivity contribution is -0.274. The Kier molecular flexibility index (Phi) is 5.51. The van der Waals surface area contributed by atoms with Crippen molar-refractivity contribution < 1.29 is 17.9 Å². The fourth-order valence-electron chi connectivity index (χ4n) is 2.37. The molecule has 1 aromatic carbocycles. The normalized spacial score (nSPS) is 15.2. The summed E-state index contributed by atoms with van der Waals surface area (Å²) in [5.74, 6) is 0.183. The molecule has 0 spiro atoms. The number of halogens is 3. The van der Waals surface area contributed by atoms with Gasteiger partial charge in [-0.2, -0.15) is 0 Å². The third-order valence-electron chi connectivity index (χ3n) is 3.60. The number of alkyl halides is 3. The minimum Gasteiger partial charge on any atom is -0.405 e. The monoisotopic (exact) mass is 301 g/mol. The molecule has 1 aromatic rings. The topological polar surface area (TPSA) is 21.3 Å². The molecule has 0 atom stereocenters. The van der Waals surface area contributed by atoms with Crippen molar-refractivity contribution in [2.45, 2.75) is 57.9 Å². The molecule has 0 aliphatic heterocycles. The molecule has 0 aromatic heterocycles. The molecule has 0 amide bonds. The van der Waals surface area contributed by atoms with Crippen molar-refractivity contribution in [3.63, 3.8) is 0 Å². The number of ether oxygens (including phenoxy) is 1. The van der Waals surface area contributed by atoms with Crippen molar-refractivity contribution in [3.8, 4) is 5.75 Å². The minimum atomic E-state index is -4.62. The highest BCUT2D eigenvalue weighted by Crippen LogP contribution is 2.45. The van der Waals surface area contributed by atoms with Crippen LogP contribution in [0.3, 0.4) is 0 Å². The fraction of sp³-hybridized carbons (Fsp3) is 0.625. The Labute approximate surface area is 123 Å². The zero-order valence-corrected chi connectivity index (χ0v) is 12.3. The lowest BCUT2D eigenvalue weighted by atomic mass is 10.1. The van der Waals surface area contributed by atoms with Gasteiger partial charge >= 0.3 is 6.36 Å². The van der Waals surface area contributed by atoms with Crippen LogP contribution in [0, 0.1) is 0 Å². The summed E-state index contributed by atoms with van der Waals surface area (Å²) in [6, 6.07) is 5.01. The van der Waals surface area contributed by atoms with E-state index in [1.807, 2.05) is 6.07 Å². The molecule has 2 nitrogen and oxygen atoms in total. The quantitative estimate of drug-likeness (QED) is 0.700. The van der Waals surface area contributed by atoms with Gasteiger partial charge in [-0.15, -0.1) is 13.2 Å². The lowest BCUT2D eigenvalue weighted by Crippen LogP contribution is -2.18. The molecule has 2 rings (SSSR count). The van der Waals surface area contributed by atoms with Crippen LogP contribution in [0.15, 0.2) is 18.2 Å². The van der Waals surface area contributed by atoms with Crippen LogP contribution in [0.4, 0.5) is 13.2 Å². The van der Waals surface area contributed by atoms with Crippen LogP contribution in [-0.4, -0.2) is 12.9 Å². The molecular formula is C16H22F3NO. The third-order valence-corrected chi connectivity index (χ3v) is 3.60. The molecule has 118 valence electrons. The summed E-state index contributed by atoms with van der Waals surface area (Å²) >= 11 is 0. The Bertz CT molecular complexity index is 455. The van der Waals surface area contributed by atoms with E-state index in [4.69, 9.17) is 0 Å². The third kappa shape index (κ3) is 5.58. The second-order valence-corrected chi connectivity index (χ2v) is 5.58. The van der Waals surface area contributed by atoms with E-state index >= 15 is 0 Å². The summed E-state index contributed by atoms with van der Waals surface area (Å²) < 4.78 is 41.3. The van der Waals surface area contributed by atoms with Gasteiger partial charge in [0, 0.05) is 6.54 Å². The molecule has 1 fully saturated rings. The predicted octanol–water partition coefficient (Wildman–Crippen LogP) is 4.74. The SMILES string of the molecule is CCCCCNCc1ccc(OC(F)(F)F)c(C2CC2)c1. The molecule has 1 aliphatic carbocycles. The van der Waals surface area contributed by atoms with Gasteiger partial charge in [0.15, 0.2) is 0 Å². The standard InChI is InChI=1S/C16H22F3NO/c1-2-3-4-9-20-11-12-5-8-15(21-16(17,18)19)14(10-12)13-6-7-13/h5,8,10,13,20H,2-4,6-7,9,11H2,1H3. The summed E-state index contributed by atoms with van der Waals surface area (Å²) in [6.45, 7) is 3.78. The predicted molar refractivity (Wildman–Crippen MR) is 76.3 cm³/mol. The Balaban J connectivity index is 1.96. The van der Waals surface area contributed by atoms with Gasteiger partial charge in [0.05, 0.1) is 0 Å². The van der Waals surface area contributed by atoms with E-state index < -0.39 is 6.36 Å². The molecule has 0 saturated heterocycles. The van der Waals surface area contributed by atoms with Crippen LogP contribution in [-0.2, 0) is 6.54 Å². The van der Waals surface area contributed by atoms with Crippen molar-refractivity contribution in [2.75, 3.05) is 6.54 Å². The number of rotatable bonds is 8. The number of hydrogen-bond acceptors (Lipinski definition) is 2. The summed E-state index contributed by atoms with van der Waals surface area (Å²) in [4.78, 5) is 0. The second-order valence-electron chi connectivity index (χ2n) is 5.58. The highest BCUT2D eigenvalue weighted by molar-refractivity contribution is 5.42. The first-order valence-corrected chi connectivity index (χ1v) is 7.59. The van der Waals surface area contributed by atoms with Crippen LogP contribution in [0.1, 0.15) is 56.1 Å². The van der Waals surface area contributed by atoms with Crippen molar-refractivity contribution >= 4 is 0 Å². The summed E-state index contributed by atoms with van der Waals surface area (Å²) in [6.07, 6.45) is 0.768. The number of nitrogens with one attached hydrogen (secondary N) is 1. The van der Waals surface area contributed by atoms with E-state index in [0.717, 1.165) is 31.4 Å². The number of benzene rings is 1. The van der Waals surface area contributed by atoms with Gasteiger partial charge in [-0.25, -0.2) is 0 Å². The Morgan fingerprint density at radius 3 is 2.62 bits per heavy atom. The molecule has 0 heterocycles. The van der Waals surface area contributed by atoms with E-state index in [2.05, 4.69) is 17.0 Å². The fourth-order valence-corrected chi connectivity index (χ4v) is 2.37. The average Bonchev–Trinajstić information content (AvgIpc) is 3.22. The molecule has 21 heavy (non-hydrogen) atoms. The van der Waals surface area contributed by atoms with Crippen LogP contribution < -0.4 is 10.1 Å². The van der Waals surface area contributed by atoms with Crippen LogP contribution in [0.25, 0.3) is 0 Å². The smallest absolute Gasteiger partial charge is 0.405 e. The highest BCUT2D eigenvalue weighted by atomic mass is 19.4. The van der Waals surface area contributed by atoms with Gasteiger partial charge in [0.1, 0.15) is 5.75 Å². The largest absolute Gasteiger partial charge is 0.573 e. The number of unbranched alkanes of at least 4 members (excludes halogenated alkanes) is 2. The van der Waals surface area contributed by atoms with E-state index in [0.29, 0.717) is 12.1 Å². The first kappa shape index (κ1) is 16.1. The maximum Gasteiger partial charge on any atom is 0.573 e. The van der Waals surface area contributed by atoms with E-state index in [1.54, 1.807) is 6.07 Å². The zero-order chi connectivity index (χ0) is 15.3. The van der Waals surface area contributed by atoms with Crippen LogP contribution >= 0.6 is 0 Å². The van der Waals surface area contributed by atoms with Crippen LogP contribution in [0.2, 0.25) is 0 Å². The van der Waals surface area contributed by atoms with Crippen molar-refractivity contribution in [1.82, 2.24) is 5.32 Å². The van der Waals surface area contributed by atoms with E-state index in [-0.39, 0.29) is 11.7 Å². The van der Waals surface area contributed by atoms with Gasteiger partial charge in [-0.05, 0) is 48.9 Å². The molecule has 1 N–H and O–H groups in total. The summed E-state index contributed by atoms with van der Waals surface area (Å²) in [5, 5.41) is 3.33. The molecule has 1 saturated carbocycles. The van der Waals surface area contributed by atoms with Crippen molar-refractivity contribution in [2.24, 2.45) is 0 Å². The maximum atomic E-state index is 12.4. The number of hydrogen-bond donors (Lipinski definition) is 1. The zero-order valence-electron chi connectivity index (χ0n) is 12.3. The molecular weight excluding hydrogens is 279 g/mol. The second kappa shape index (κ2) is 7.16. The minimum absolute atomic E-state index is 0.0419. The molecule has 5 heteroatoms. The Morgan fingerprint density at radius 2 is 2.00 bits per heavy atom. The van der Waals surface area contributed by atoms with E-state index in [9.17, 15) is 13.2 Å². The van der Waals surface area contributed by atoms with Gasteiger partial charge in [0.25, 0.3) is 0 Å². The van der Waals surface area contributed by atoms with Gasteiger partial charge in [-0.1, -0.05) is 31.9 Å². The highest BCUT2D eigenvalue weighted by Gasteiger charge is 2.35. The average molecular weight is 301 g/mol. The van der Waals surface area contributed by atoms with Gasteiger partial charge < -0.3 is 10.1 Å². The van der Waals surface area contributed by atoms with Crippen molar-refractivity contribution in [1.29, 1.82) is 0 Å². The molecule has 0 unspecified atom stereocenters. The molecule has 0 bridgehead atoms. The van der Waals surface area contributed by atoms with Gasteiger partial charge in [0.2, 0.25) is 0 Å². The maximum absolute atomic E-state index is 12.4. The van der Waals surface area contributed by atoms with Gasteiger partial charge in [-0.3, -0.25) is 0 Å². The summed E-state index contributed by atoms with van der Waals surface area (Å²) in [7, 11) is 0. The molecule has 1 aliphatic rings. The Hall–Kier alpha value is -1.23. The first-order valence-electron chi connectivity index (χ1n) is 7.59.